The first-order valence-electron chi connectivity index (χ1n) is 6.76. The van der Waals surface area contributed by atoms with Crippen LogP contribution in [0.3, 0.4) is 0 Å². The van der Waals surface area contributed by atoms with Crippen molar-refractivity contribution < 1.29 is 4.79 Å². The van der Waals surface area contributed by atoms with Gasteiger partial charge >= 0.3 is 0 Å². The highest BCUT2D eigenvalue weighted by molar-refractivity contribution is 7.99. The minimum absolute atomic E-state index is 0.111. The average Bonchev–Trinajstić information content (AvgIpc) is 2.38. The van der Waals surface area contributed by atoms with Gasteiger partial charge in [-0.05, 0) is 36.1 Å². The van der Waals surface area contributed by atoms with Gasteiger partial charge in [-0.3, -0.25) is 4.79 Å². The van der Waals surface area contributed by atoms with Gasteiger partial charge in [0.25, 0.3) is 0 Å². The molecule has 2 rings (SSSR count). The van der Waals surface area contributed by atoms with Crippen molar-refractivity contribution in [2.75, 3.05) is 0 Å². The Balaban J connectivity index is 2.25. The largest absolute Gasteiger partial charge is 0.294 e. The molecule has 0 atom stereocenters. The lowest BCUT2D eigenvalue weighted by molar-refractivity contribution is 0.101. The summed E-state index contributed by atoms with van der Waals surface area (Å²) in [6, 6.07) is 16.3. The highest BCUT2D eigenvalue weighted by atomic mass is 32.2. The molecule has 0 aliphatic rings. The number of benzene rings is 2. The molecule has 2 heteroatoms. The highest BCUT2D eigenvalue weighted by Crippen LogP contribution is 2.32. The molecule has 0 amide bonds. The van der Waals surface area contributed by atoms with Gasteiger partial charge in [-0.15, -0.1) is 0 Å². The number of carbonyl (C=O) groups is 1. The number of hydrogen-bond donors (Lipinski definition) is 0. The predicted molar refractivity (Wildman–Crippen MR) is 85.7 cm³/mol. The van der Waals surface area contributed by atoms with E-state index in [-0.39, 0.29) is 11.2 Å². The van der Waals surface area contributed by atoms with Crippen LogP contribution in [0.5, 0.6) is 0 Å². The van der Waals surface area contributed by atoms with Crippen LogP contribution in [0.15, 0.2) is 58.3 Å². The monoisotopic (exact) mass is 284 g/mol. The molecule has 1 nitrogen and oxygen atoms in total. The van der Waals surface area contributed by atoms with E-state index in [2.05, 4.69) is 45.0 Å². The molecule has 2 aromatic rings. The molecule has 104 valence electrons. The van der Waals surface area contributed by atoms with Gasteiger partial charge in [0.2, 0.25) is 0 Å². The molecule has 20 heavy (non-hydrogen) atoms. The number of ketones is 1. The Morgan fingerprint density at radius 3 is 2.10 bits per heavy atom. The van der Waals surface area contributed by atoms with Crippen LogP contribution < -0.4 is 0 Å². The fraction of sp³-hybridized carbons (Fsp3) is 0.278. The summed E-state index contributed by atoms with van der Waals surface area (Å²) in [4.78, 5) is 13.8. The van der Waals surface area contributed by atoms with Crippen molar-refractivity contribution >= 4 is 17.5 Å². The van der Waals surface area contributed by atoms with Gasteiger partial charge in [-0.2, -0.15) is 0 Å². The van der Waals surface area contributed by atoms with Crippen LogP contribution in [0.1, 0.15) is 43.6 Å². The first-order valence-corrected chi connectivity index (χ1v) is 7.58. The quantitative estimate of drug-likeness (QED) is 0.708. The van der Waals surface area contributed by atoms with Crippen LogP contribution in [-0.2, 0) is 5.41 Å². The van der Waals surface area contributed by atoms with Gasteiger partial charge in [0, 0.05) is 15.4 Å². The summed E-state index contributed by atoms with van der Waals surface area (Å²) in [6.45, 7) is 8.24. The fourth-order valence-corrected chi connectivity index (χ4v) is 2.99. The number of hydrogen-bond acceptors (Lipinski definition) is 2. The number of rotatable bonds is 3. The molecular formula is C18H20OS. The molecule has 0 heterocycles. The number of carbonyl (C=O) groups excluding carboxylic acids is 1. The number of Topliss-reactive ketones (excluding diaryl/α,β-unsaturated/α-hetero) is 1. The molecular weight excluding hydrogens is 264 g/mol. The second-order valence-corrected chi connectivity index (χ2v) is 7.04. The van der Waals surface area contributed by atoms with Gasteiger partial charge in [0.05, 0.1) is 0 Å². The summed E-state index contributed by atoms with van der Waals surface area (Å²) in [5.41, 5.74) is 2.28. The zero-order valence-electron chi connectivity index (χ0n) is 12.4. The maximum atomic E-state index is 11.6. The van der Waals surface area contributed by atoms with E-state index in [1.165, 1.54) is 5.56 Å². The summed E-state index contributed by atoms with van der Waals surface area (Å²) in [5.74, 6) is 0.111. The van der Waals surface area contributed by atoms with Crippen LogP contribution in [-0.4, -0.2) is 5.78 Å². The third kappa shape index (κ3) is 3.51. The van der Waals surface area contributed by atoms with Crippen molar-refractivity contribution in [3.05, 3.63) is 59.7 Å². The SMILES string of the molecule is CC(=O)c1ccccc1Sc1ccc(C(C)(C)C)cc1. The normalized spacial score (nSPS) is 11.4. The Labute approximate surface area is 125 Å². The molecule has 2 aromatic carbocycles. The molecule has 0 spiro atoms. The Kier molecular flexibility index (Phi) is 4.34. The zero-order chi connectivity index (χ0) is 14.8. The van der Waals surface area contributed by atoms with E-state index < -0.39 is 0 Å². The van der Waals surface area contributed by atoms with Crippen molar-refractivity contribution in [1.82, 2.24) is 0 Å². The van der Waals surface area contributed by atoms with Crippen LogP contribution in [0.4, 0.5) is 0 Å². The van der Waals surface area contributed by atoms with Crippen LogP contribution >= 0.6 is 11.8 Å². The third-order valence-electron chi connectivity index (χ3n) is 3.21. The van der Waals surface area contributed by atoms with E-state index in [0.717, 1.165) is 15.4 Å². The lowest BCUT2D eigenvalue weighted by Crippen LogP contribution is -2.10. The van der Waals surface area contributed by atoms with Gasteiger partial charge in [-0.25, -0.2) is 0 Å². The lowest BCUT2D eigenvalue weighted by Gasteiger charge is -2.19. The minimum Gasteiger partial charge on any atom is -0.294 e. The Morgan fingerprint density at radius 1 is 0.950 bits per heavy atom. The van der Waals surface area contributed by atoms with Gasteiger partial charge in [-0.1, -0.05) is 62.9 Å². The van der Waals surface area contributed by atoms with E-state index in [9.17, 15) is 4.79 Å². The standard InChI is InChI=1S/C18H20OS/c1-13(19)16-7-5-6-8-17(16)20-15-11-9-14(10-12-15)18(2,3)4/h5-12H,1-4H3. The summed E-state index contributed by atoms with van der Waals surface area (Å²) < 4.78 is 0. The Morgan fingerprint density at radius 2 is 1.55 bits per heavy atom. The molecule has 0 unspecified atom stereocenters. The predicted octanol–water partition coefficient (Wildman–Crippen LogP) is 5.34. The molecule has 0 saturated heterocycles. The second kappa shape index (κ2) is 5.84. The molecule has 0 saturated carbocycles. The highest BCUT2D eigenvalue weighted by Gasteiger charge is 2.13. The molecule has 0 aliphatic heterocycles. The summed E-state index contributed by atoms with van der Waals surface area (Å²) in [7, 11) is 0. The van der Waals surface area contributed by atoms with Crippen LogP contribution in [0.25, 0.3) is 0 Å². The van der Waals surface area contributed by atoms with E-state index in [4.69, 9.17) is 0 Å². The summed E-state index contributed by atoms with van der Waals surface area (Å²) >= 11 is 1.64. The van der Waals surface area contributed by atoms with Gasteiger partial charge in [0.15, 0.2) is 5.78 Å². The Hall–Kier alpha value is -1.54. The van der Waals surface area contributed by atoms with Gasteiger partial charge in [0.1, 0.15) is 0 Å². The molecule has 0 N–H and O–H groups in total. The van der Waals surface area contributed by atoms with E-state index in [1.54, 1.807) is 18.7 Å². The van der Waals surface area contributed by atoms with Crippen molar-refractivity contribution in [2.45, 2.75) is 42.9 Å². The molecule has 0 fully saturated rings. The first kappa shape index (κ1) is 14.9. The zero-order valence-corrected chi connectivity index (χ0v) is 13.3. The van der Waals surface area contributed by atoms with Crippen molar-refractivity contribution in [1.29, 1.82) is 0 Å². The maximum Gasteiger partial charge on any atom is 0.160 e. The molecule has 0 bridgehead atoms. The van der Waals surface area contributed by atoms with Crippen molar-refractivity contribution in [3.63, 3.8) is 0 Å². The van der Waals surface area contributed by atoms with Crippen LogP contribution in [0, 0.1) is 0 Å². The molecule has 0 aromatic heterocycles. The Bertz CT molecular complexity index is 606. The second-order valence-electron chi connectivity index (χ2n) is 5.93. The minimum atomic E-state index is 0.111. The molecule has 0 aliphatic carbocycles. The third-order valence-corrected chi connectivity index (χ3v) is 4.30. The maximum absolute atomic E-state index is 11.6. The van der Waals surface area contributed by atoms with Crippen molar-refractivity contribution in [3.8, 4) is 0 Å². The average molecular weight is 284 g/mol. The topological polar surface area (TPSA) is 17.1 Å². The molecule has 0 radical (unpaired) electrons. The van der Waals surface area contributed by atoms with E-state index >= 15 is 0 Å². The summed E-state index contributed by atoms with van der Waals surface area (Å²) in [6.07, 6.45) is 0. The van der Waals surface area contributed by atoms with Crippen LogP contribution in [0.2, 0.25) is 0 Å². The first-order chi connectivity index (χ1) is 9.38. The van der Waals surface area contributed by atoms with Gasteiger partial charge < -0.3 is 0 Å². The van der Waals surface area contributed by atoms with E-state index in [0.29, 0.717) is 0 Å². The lowest BCUT2D eigenvalue weighted by atomic mass is 9.87. The smallest absolute Gasteiger partial charge is 0.160 e. The summed E-state index contributed by atoms with van der Waals surface area (Å²) in [5, 5.41) is 0. The van der Waals surface area contributed by atoms with E-state index in [1.807, 2.05) is 24.3 Å². The van der Waals surface area contributed by atoms with Crippen molar-refractivity contribution in [2.24, 2.45) is 0 Å². The fourth-order valence-electron chi connectivity index (χ4n) is 2.00.